The van der Waals surface area contributed by atoms with E-state index in [0.29, 0.717) is 17.5 Å². The molecule has 0 aliphatic carbocycles. The van der Waals surface area contributed by atoms with E-state index in [9.17, 15) is 13.5 Å². The summed E-state index contributed by atoms with van der Waals surface area (Å²) in [5.74, 6) is 0. The van der Waals surface area contributed by atoms with Crippen LogP contribution in [0.1, 0.15) is 31.2 Å². The van der Waals surface area contributed by atoms with Crippen molar-refractivity contribution >= 4 is 10.0 Å². The van der Waals surface area contributed by atoms with Crippen molar-refractivity contribution in [3.8, 4) is 0 Å². The van der Waals surface area contributed by atoms with Gasteiger partial charge in [-0.05, 0) is 57.8 Å². The summed E-state index contributed by atoms with van der Waals surface area (Å²) in [5, 5.41) is 9.26. The largest absolute Gasteiger partial charge is 0.395 e. The fraction of sp³-hybridized carbons (Fsp3) is 0.625. The lowest BCUT2D eigenvalue weighted by molar-refractivity contribution is 0.157. The highest BCUT2D eigenvalue weighted by molar-refractivity contribution is 7.89. The number of hydrogen-bond donors (Lipinski definition) is 2. The van der Waals surface area contributed by atoms with Crippen LogP contribution in [0.5, 0.6) is 0 Å². The van der Waals surface area contributed by atoms with Crippen molar-refractivity contribution < 1.29 is 13.5 Å². The van der Waals surface area contributed by atoms with E-state index >= 15 is 0 Å². The maximum absolute atomic E-state index is 12.1. The molecule has 2 rings (SSSR count). The summed E-state index contributed by atoms with van der Waals surface area (Å²) < 4.78 is 26.9. The molecule has 0 amide bonds. The summed E-state index contributed by atoms with van der Waals surface area (Å²) in [6.45, 7) is 4.58. The number of aliphatic hydroxyl groups is 1. The van der Waals surface area contributed by atoms with E-state index < -0.39 is 10.0 Å². The number of benzene rings is 1. The Kier molecular flexibility index (Phi) is 6.37. The molecule has 1 unspecified atom stereocenters. The normalized spacial score (nSPS) is 19.6. The number of unbranched alkanes of at least 4 members (excludes halogenated alkanes) is 1. The van der Waals surface area contributed by atoms with Crippen molar-refractivity contribution in [1.29, 1.82) is 0 Å². The first-order chi connectivity index (χ1) is 10.5. The molecule has 1 saturated heterocycles. The Morgan fingerprint density at radius 2 is 2.00 bits per heavy atom. The van der Waals surface area contributed by atoms with Gasteiger partial charge >= 0.3 is 0 Å². The van der Waals surface area contributed by atoms with E-state index in [1.165, 1.54) is 0 Å². The van der Waals surface area contributed by atoms with Gasteiger partial charge in [-0.25, -0.2) is 13.1 Å². The SMILES string of the molecule is Cc1ccc(S(=O)(=O)NCCCCN2CCCC2CO)cc1. The van der Waals surface area contributed by atoms with Crippen molar-refractivity contribution in [3.63, 3.8) is 0 Å². The molecule has 1 aromatic rings. The molecule has 6 heteroatoms. The minimum atomic E-state index is -3.40. The van der Waals surface area contributed by atoms with E-state index in [-0.39, 0.29) is 6.61 Å². The van der Waals surface area contributed by atoms with Crippen LogP contribution in [-0.4, -0.2) is 50.7 Å². The third-order valence-corrected chi connectivity index (χ3v) is 5.68. The van der Waals surface area contributed by atoms with Crippen LogP contribution in [-0.2, 0) is 10.0 Å². The number of hydrogen-bond acceptors (Lipinski definition) is 4. The predicted molar refractivity (Wildman–Crippen MR) is 87.3 cm³/mol. The average Bonchev–Trinajstić information content (AvgIpc) is 2.94. The molecular formula is C16H26N2O3S. The van der Waals surface area contributed by atoms with E-state index in [1.54, 1.807) is 24.3 Å². The molecule has 0 spiro atoms. The summed E-state index contributed by atoms with van der Waals surface area (Å²) in [5.41, 5.74) is 1.04. The number of rotatable bonds is 8. The highest BCUT2D eigenvalue weighted by Crippen LogP contribution is 2.17. The Labute approximate surface area is 133 Å². The van der Waals surface area contributed by atoms with Gasteiger partial charge in [-0.15, -0.1) is 0 Å². The summed E-state index contributed by atoms with van der Waals surface area (Å²) >= 11 is 0. The van der Waals surface area contributed by atoms with Gasteiger partial charge in [0, 0.05) is 12.6 Å². The van der Waals surface area contributed by atoms with Crippen LogP contribution in [0.2, 0.25) is 0 Å². The Morgan fingerprint density at radius 3 is 2.68 bits per heavy atom. The van der Waals surface area contributed by atoms with E-state index in [0.717, 1.165) is 44.3 Å². The molecule has 124 valence electrons. The second-order valence-corrected chi connectivity index (χ2v) is 7.70. The Hall–Kier alpha value is -0.950. The molecule has 0 aromatic heterocycles. The number of aliphatic hydroxyl groups excluding tert-OH is 1. The van der Waals surface area contributed by atoms with Gasteiger partial charge in [-0.2, -0.15) is 0 Å². The van der Waals surface area contributed by atoms with Crippen LogP contribution in [0, 0.1) is 6.92 Å². The minimum absolute atomic E-state index is 0.222. The summed E-state index contributed by atoms with van der Waals surface area (Å²) in [7, 11) is -3.40. The van der Waals surface area contributed by atoms with Gasteiger partial charge in [-0.3, -0.25) is 4.90 Å². The maximum atomic E-state index is 12.1. The molecule has 1 aromatic carbocycles. The predicted octanol–water partition coefficient (Wildman–Crippen LogP) is 1.51. The summed E-state index contributed by atoms with van der Waals surface area (Å²) in [6.07, 6.45) is 3.95. The van der Waals surface area contributed by atoms with Crippen LogP contribution >= 0.6 is 0 Å². The molecule has 0 saturated carbocycles. The lowest BCUT2D eigenvalue weighted by Crippen LogP contribution is -2.33. The van der Waals surface area contributed by atoms with Crippen molar-refractivity contribution in [2.75, 3.05) is 26.2 Å². The Bertz CT molecular complexity index is 557. The number of nitrogens with zero attached hydrogens (tertiary/aromatic N) is 1. The van der Waals surface area contributed by atoms with Crippen LogP contribution in [0.4, 0.5) is 0 Å². The lowest BCUT2D eigenvalue weighted by Gasteiger charge is -2.22. The van der Waals surface area contributed by atoms with Gasteiger partial charge in [0.05, 0.1) is 11.5 Å². The first kappa shape index (κ1) is 17.4. The highest BCUT2D eigenvalue weighted by atomic mass is 32.2. The molecule has 0 radical (unpaired) electrons. The second kappa shape index (κ2) is 8.06. The molecule has 1 fully saturated rings. The zero-order valence-corrected chi connectivity index (χ0v) is 14.0. The molecule has 22 heavy (non-hydrogen) atoms. The third kappa shape index (κ3) is 4.78. The summed E-state index contributed by atoms with van der Waals surface area (Å²) in [4.78, 5) is 2.62. The highest BCUT2D eigenvalue weighted by Gasteiger charge is 2.22. The van der Waals surface area contributed by atoms with Gasteiger partial charge in [0.2, 0.25) is 10.0 Å². The van der Waals surface area contributed by atoms with Gasteiger partial charge < -0.3 is 5.11 Å². The first-order valence-electron chi connectivity index (χ1n) is 7.94. The number of aryl methyl sites for hydroxylation is 1. The van der Waals surface area contributed by atoms with Crippen molar-refractivity contribution in [1.82, 2.24) is 9.62 Å². The number of sulfonamides is 1. The average molecular weight is 326 g/mol. The van der Waals surface area contributed by atoms with Crippen LogP contribution in [0.25, 0.3) is 0 Å². The zero-order chi connectivity index (χ0) is 16.0. The third-order valence-electron chi connectivity index (χ3n) is 4.21. The molecule has 1 heterocycles. The van der Waals surface area contributed by atoms with Crippen LogP contribution in [0.3, 0.4) is 0 Å². The van der Waals surface area contributed by atoms with Crippen molar-refractivity contribution in [2.45, 2.75) is 43.5 Å². The van der Waals surface area contributed by atoms with E-state index in [2.05, 4.69) is 9.62 Å². The number of likely N-dealkylation sites (tertiary alicyclic amines) is 1. The fourth-order valence-electron chi connectivity index (χ4n) is 2.84. The molecule has 1 aliphatic heterocycles. The van der Waals surface area contributed by atoms with Gasteiger partial charge in [-0.1, -0.05) is 17.7 Å². The van der Waals surface area contributed by atoms with Crippen molar-refractivity contribution in [2.24, 2.45) is 0 Å². The second-order valence-electron chi connectivity index (χ2n) is 5.93. The lowest BCUT2D eigenvalue weighted by atomic mass is 10.2. The number of nitrogens with one attached hydrogen (secondary N) is 1. The van der Waals surface area contributed by atoms with E-state index in [1.807, 2.05) is 6.92 Å². The smallest absolute Gasteiger partial charge is 0.240 e. The monoisotopic (exact) mass is 326 g/mol. The van der Waals surface area contributed by atoms with Gasteiger partial charge in [0.15, 0.2) is 0 Å². The molecule has 5 nitrogen and oxygen atoms in total. The first-order valence-corrected chi connectivity index (χ1v) is 9.42. The van der Waals surface area contributed by atoms with Gasteiger partial charge in [0.25, 0.3) is 0 Å². The molecule has 1 aliphatic rings. The van der Waals surface area contributed by atoms with Gasteiger partial charge in [0.1, 0.15) is 0 Å². The maximum Gasteiger partial charge on any atom is 0.240 e. The molecule has 2 N–H and O–H groups in total. The summed E-state index contributed by atoms with van der Waals surface area (Å²) in [6, 6.07) is 7.17. The molecular weight excluding hydrogens is 300 g/mol. The topological polar surface area (TPSA) is 69.6 Å². The van der Waals surface area contributed by atoms with Crippen molar-refractivity contribution in [3.05, 3.63) is 29.8 Å². The minimum Gasteiger partial charge on any atom is -0.395 e. The van der Waals surface area contributed by atoms with Crippen LogP contribution < -0.4 is 4.72 Å². The molecule has 0 bridgehead atoms. The standard InChI is InChI=1S/C16H26N2O3S/c1-14-6-8-16(9-7-14)22(20,21)17-10-2-3-11-18-12-4-5-15(18)13-19/h6-9,15,17,19H,2-5,10-13H2,1H3. The fourth-order valence-corrected chi connectivity index (χ4v) is 3.92. The van der Waals surface area contributed by atoms with Crippen LogP contribution in [0.15, 0.2) is 29.2 Å². The Morgan fingerprint density at radius 1 is 1.27 bits per heavy atom. The Balaban J connectivity index is 1.71. The van der Waals surface area contributed by atoms with E-state index in [4.69, 9.17) is 0 Å². The zero-order valence-electron chi connectivity index (χ0n) is 13.2. The molecule has 1 atom stereocenters. The quantitative estimate of drug-likeness (QED) is 0.711.